The van der Waals surface area contributed by atoms with E-state index in [9.17, 15) is 23.3 Å². The Hall–Kier alpha value is -2.85. The number of sulfonamides is 1. The standard InChI is InChI=1S/C21H26N4O5S/c1-23(14-5-7-17-6-4-13-22-16-17)21(26)20-8-2-3-15-24(20)31(29,30)19-11-9-18(10-12-19)25(27)28/h4,6,9-13,16,20H,2-3,5,7-8,14-15H2,1H3. The van der Waals surface area contributed by atoms with Gasteiger partial charge in [0.25, 0.3) is 5.69 Å². The first-order valence-electron chi connectivity index (χ1n) is 10.2. The van der Waals surface area contributed by atoms with Gasteiger partial charge in [0, 0.05) is 44.7 Å². The molecule has 0 bridgehead atoms. The Bertz CT molecular complexity index is 1010. The van der Waals surface area contributed by atoms with E-state index in [4.69, 9.17) is 0 Å². The molecular weight excluding hydrogens is 420 g/mol. The van der Waals surface area contributed by atoms with Gasteiger partial charge in [-0.05, 0) is 49.4 Å². The lowest BCUT2D eigenvalue weighted by molar-refractivity contribution is -0.384. The first-order chi connectivity index (χ1) is 14.8. The van der Waals surface area contributed by atoms with Crippen molar-refractivity contribution in [3.8, 4) is 0 Å². The molecule has 0 aliphatic carbocycles. The van der Waals surface area contributed by atoms with Gasteiger partial charge in [-0.2, -0.15) is 4.31 Å². The average Bonchev–Trinajstić information content (AvgIpc) is 2.79. The van der Waals surface area contributed by atoms with Crippen LogP contribution in [0.2, 0.25) is 0 Å². The molecule has 31 heavy (non-hydrogen) atoms. The van der Waals surface area contributed by atoms with Crippen LogP contribution >= 0.6 is 0 Å². The molecule has 1 aromatic heterocycles. The number of nitro benzene ring substituents is 1. The van der Waals surface area contributed by atoms with Gasteiger partial charge in [0.15, 0.2) is 0 Å². The van der Waals surface area contributed by atoms with Crippen LogP contribution in [0.1, 0.15) is 31.2 Å². The van der Waals surface area contributed by atoms with Crippen LogP contribution in [0, 0.1) is 10.1 Å². The Kier molecular flexibility index (Phi) is 7.34. The Morgan fingerprint density at radius 1 is 1.26 bits per heavy atom. The highest BCUT2D eigenvalue weighted by Crippen LogP contribution is 2.27. The van der Waals surface area contributed by atoms with E-state index in [1.165, 1.54) is 16.4 Å². The van der Waals surface area contributed by atoms with Crippen molar-refractivity contribution in [3.63, 3.8) is 0 Å². The molecule has 2 aromatic rings. The van der Waals surface area contributed by atoms with Gasteiger partial charge < -0.3 is 4.90 Å². The number of nitrogens with zero attached hydrogens (tertiary/aromatic N) is 4. The van der Waals surface area contributed by atoms with E-state index in [0.717, 1.165) is 37.0 Å². The zero-order chi connectivity index (χ0) is 22.4. The molecule has 1 fully saturated rings. The topological polar surface area (TPSA) is 114 Å². The lowest BCUT2D eigenvalue weighted by Crippen LogP contribution is -2.52. The zero-order valence-electron chi connectivity index (χ0n) is 17.4. The molecule has 3 rings (SSSR count). The van der Waals surface area contributed by atoms with Crippen LogP contribution in [0.3, 0.4) is 0 Å². The van der Waals surface area contributed by atoms with Crippen molar-refractivity contribution in [2.45, 2.75) is 43.0 Å². The summed E-state index contributed by atoms with van der Waals surface area (Å²) in [5.74, 6) is -0.226. The van der Waals surface area contributed by atoms with Gasteiger partial charge in [0.05, 0.1) is 9.82 Å². The van der Waals surface area contributed by atoms with Crippen LogP contribution in [0.5, 0.6) is 0 Å². The molecule has 1 unspecified atom stereocenters. The molecule has 9 nitrogen and oxygen atoms in total. The summed E-state index contributed by atoms with van der Waals surface area (Å²) in [6, 6.07) is 7.86. The van der Waals surface area contributed by atoms with Crippen LogP contribution in [0.4, 0.5) is 5.69 Å². The Morgan fingerprint density at radius 2 is 2.00 bits per heavy atom. The van der Waals surface area contributed by atoms with Gasteiger partial charge in [-0.25, -0.2) is 8.42 Å². The summed E-state index contributed by atoms with van der Waals surface area (Å²) in [4.78, 5) is 29.0. The van der Waals surface area contributed by atoms with Gasteiger partial charge in [-0.3, -0.25) is 19.9 Å². The van der Waals surface area contributed by atoms with Crippen molar-refractivity contribution in [2.75, 3.05) is 20.1 Å². The van der Waals surface area contributed by atoms with Crippen LogP contribution in [-0.2, 0) is 21.2 Å². The van der Waals surface area contributed by atoms with E-state index in [2.05, 4.69) is 4.98 Å². The molecule has 1 aliphatic rings. The Labute approximate surface area is 181 Å². The summed E-state index contributed by atoms with van der Waals surface area (Å²) in [5, 5.41) is 10.8. The van der Waals surface area contributed by atoms with Crippen molar-refractivity contribution < 1.29 is 18.1 Å². The van der Waals surface area contributed by atoms with Crippen molar-refractivity contribution in [1.82, 2.24) is 14.2 Å². The zero-order valence-corrected chi connectivity index (χ0v) is 18.2. The number of carbonyl (C=O) groups is 1. The maximum absolute atomic E-state index is 13.2. The minimum Gasteiger partial charge on any atom is -0.344 e. The SMILES string of the molecule is CN(CCCc1cccnc1)C(=O)C1CCCCN1S(=O)(=O)c1ccc([N+](=O)[O-])cc1. The predicted octanol–water partition coefficient (Wildman–Crippen LogP) is 2.62. The van der Waals surface area contributed by atoms with E-state index in [-0.39, 0.29) is 23.0 Å². The highest BCUT2D eigenvalue weighted by Gasteiger charge is 2.38. The van der Waals surface area contributed by atoms with Gasteiger partial charge in [0.2, 0.25) is 15.9 Å². The molecule has 0 radical (unpaired) electrons. The lowest BCUT2D eigenvalue weighted by atomic mass is 10.0. The molecule has 0 N–H and O–H groups in total. The first-order valence-corrected chi connectivity index (χ1v) is 11.6. The summed E-state index contributed by atoms with van der Waals surface area (Å²) in [6.07, 6.45) is 6.92. The Morgan fingerprint density at radius 3 is 2.65 bits per heavy atom. The van der Waals surface area contributed by atoms with Crippen LogP contribution in [-0.4, -0.2) is 59.6 Å². The number of non-ortho nitro benzene ring substituents is 1. The van der Waals surface area contributed by atoms with E-state index in [1.54, 1.807) is 24.3 Å². The highest BCUT2D eigenvalue weighted by atomic mass is 32.2. The van der Waals surface area contributed by atoms with Crippen LogP contribution < -0.4 is 0 Å². The normalized spacial score (nSPS) is 17.3. The molecule has 166 valence electrons. The molecule has 1 amide bonds. The fraction of sp³-hybridized carbons (Fsp3) is 0.429. The van der Waals surface area contributed by atoms with E-state index >= 15 is 0 Å². The van der Waals surface area contributed by atoms with E-state index in [0.29, 0.717) is 19.4 Å². The molecule has 2 heterocycles. The minimum atomic E-state index is -3.94. The first kappa shape index (κ1) is 22.8. The molecule has 1 atom stereocenters. The van der Waals surface area contributed by atoms with Gasteiger partial charge in [-0.15, -0.1) is 0 Å². The molecule has 1 saturated heterocycles. The number of likely N-dealkylation sites (N-methyl/N-ethyl adjacent to an activating group) is 1. The number of carbonyl (C=O) groups excluding carboxylic acids is 1. The second-order valence-corrected chi connectivity index (χ2v) is 9.49. The van der Waals surface area contributed by atoms with Crippen molar-refractivity contribution in [1.29, 1.82) is 0 Å². The summed E-state index contributed by atoms with van der Waals surface area (Å²) in [6.45, 7) is 0.759. The third kappa shape index (κ3) is 5.45. The number of aromatic nitrogens is 1. The molecule has 0 saturated carbocycles. The number of hydrogen-bond donors (Lipinski definition) is 0. The van der Waals surface area contributed by atoms with E-state index in [1.807, 2.05) is 12.1 Å². The largest absolute Gasteiger partial charge is 0.344 e. The number of hydrogen-bond acceptors (Lipinski definition) is 6. The summed E-state index contributed by atoms with van der Waals surface area (Å²) in [5.41, 5.74) is 0.905. The maximum Gasteiger partial charge on any atom is 0.269 e. The minimum absolute atomic E-state index is 0.0444. The number of benzene rings is 1. The number of aryl methyl sites for hydroxylation is 1. The maximum atomic E-state index is 13.2. The number of pyridine rings is 1. The molecule has 0 spiro atoms. The summed E-state index contributed by atoms with van der Waals surface area (Å²) < 4.78 is 27.6. The van der Waals surface area contributed by atoms with Crippen LogP contribution in [0.15, 0.2) is 53.7 Å². The molecule has 1 aliphatic heterocycles. The van der Waals surface area contributed by atoms with Crippen molar-refractivity contribution in [2.24, 2.45) is 0 Å². The third-order valence-corrected chi connectivity index (χ3v) is 7.37. The summed E-state index contributed by atoms with van der Waals surface area (Å²) in [7, 11) is -2.25. The fourth-order valence-corrected chi connectivity index (χ4v) is 5.40. The fourth-order valence-electron chi connectivity index (χ4n) is 3.75. The monoisotopic (exact) mass is 446 g/mol. The van der Waals surface area contributed by atoms with Gasteiger partial charge >= 0.3 is 0 Å². The van der Waals surface area contributed by atoms with Crippen LogP contribution in [0.25, 0.3) is 0 Å². The smallest absolute Gasteiger partial charge is 0.269 e. The lowest BCUT2D eigenvalue weighted by Gasteiger charge is -2.35. The second-order valence-electron chi connectivity index (χ2n) is 7.60. The number of nitro groups is 1. The number of amides is 1. The third-order valence-electron chi connectivity index (χ3n) is 5.45. The van der Waals surface area contributed by atoms with Gasteiger partial charge in [-0.1, -0.05) is 12.5 Å². The molecular formula is C21H26N4O5S. The van der Waals surface area contributed by atoms with Crippen molar-refractivity contribution >= 4 is 21.6 Å². The summed E-state index contributed by atoms with van der Waals surface area (Å²) >= 11 is 0. The predicted molar refractivity (Wildman–Crippen MR) is 115 cm³/mol. The quantitative estimate of drug-likeness (QED) is 0.455. The van der Waals surface area contributed by atoms with E-state index < -0.39 is 21.0 Å². The molecule has 10 heteroatoms. The highest BCUT2D eigenvalue weighted by molar-refractivity contribution is 7.89. The second kappa shape index (κ2) is 9.97. The molecule has 1 aromatic carbocycles. The Balaban J connectivity index is 1.69. The van der Waals surface area contributed by atoms with Crippen molar-refractivity contribution in [3.05, 3.63) is 64.5 Å². The average molecular weight is 447 g/mol. The number of rotatable bonds is 8. The number of piperidine rings is 1. The van der Waals surface area contributed by atoms with Gasteiger partial charge in [0.1, 0.15) is 6.04 Å².